The first-order chi connectivity index (χ1) is 23.8. The molecule has 0 atom stereocenters. The van der Waals surface area contributed by atoms with Gasteiger partial charge >= 0.3 is 65.7 Å². The van der Waals surface area contributed by atoms with Crippen LogP contribution in [0.3, 0.4) is 0 Å². The number of ether oxygens (including phenoxy) is 2. The zero-order chi connectivity index (χ0) is 45.3. The summed E-state index contributed by atoms with van der Waals surface area (Å²) in [6, 6.07) is 0. The monoisotopic (exact) mass is 879 g/mol. The highest BCUT2D eigenvalue weighted by Gasteiger charge is 2.95. The maximum absolute atomic E-state index is 13.4. The summed E-state index contributed by atoms with van der Waals surface area (Å²) in [5, 5.41) is 2.37. The number of hydrogen-bond donors (Lipinski definition) is 2. The maximum atomic E-state index is 13.4. The molecule has 0 heterocycles. The molecule has 2 N–H and O–H groups in total. The molecule has 0 radical (unpaired) electrons. The fraction of sp³-hybridized carbons (Fsp3) is 0.640. The Kier molecular flexibility index (Phi) is 18.5. The molecule has 0 rings (SSSR count). The Bertz CT molecular complexity index is 1490. The van der Waals surface area contributed by atoms with Gasteiger partial charge in [-0.15, -0.1) is 0 Å². The van der Waals surface area contributed by atoms with Gasteiger partial charge in [0.2, 0.25) is 5.91 Å². The van der Waals surface area contributed by atoms with Crippen molar-refractivity contribution < 1.29 is 125 Å². The van der Waals surface area contributed by atoms with E-state index in [4.69, 9.17) is 4.55 Å². The average molecular weight is 880 g/mol. The van der Waals surface area contributed by atoms with E-state index in [1.54, 1.807) is 0 Å². The second kappa shape index (κ2) is 18.4. The van der Waals surface area contributed by atoms with E-state index in [2.05, 4.69) is 27.9 Å². The molecule has 0 unspecified atom stereocenters. The standard InChI is InChI=1S/C13H7F17O2.C7H13NO4S.C5H5F3O2/c1-2-32-5(31)3-4-6(14,15)7(16,17)8(18,19)9(20,21)10(22,23)11(24,25)12(26,27)13(28,29)30;1-4-6(9)8-7(2,3)5-13(10,11)12;1-2-4(9)10-3-5(6,7)8/h3-4H,2H2,1H3;4H,1,5H2,2-3H3,(H,8,9)(H,10,11,12);2H,1,3H2. The van der Waals surface area contributed by atoms with Gasteiger partial charge in [-0.25, -0.2) is 9.59 Å². The zero-order valence-corrected chi connectivity index (χ0v) is 27.9. The molecule has 1 amide bonds. The van der Waals surface area contributed by atoms with Crippen molar-refractivity contribution in [3.8, 4) is 0 Å². The minimum Gasteiger partial charge on any atom is -0.463 e. The summed E-state index contributed by atoms with van der Waals surface area (Å²) < 4.78 is 291. The summed E-state index contributed by atoms with van der Waals surface area (Å²) in [7, 11) is -4.08. The molecule has 0 aromatic rings. The highest BCUT2D eigenvalue weighted by atomic mass is 32.2. The van der Waals surface area contributed by atoms with E-state index in [-0.39, 0.29) is 0 Å². The fourth-order valence-corrected chi connectivity index (χ4v) is 3.72. The van der Waals surface area contributed by atoms with Crippen molar-refractivity contribution >= 4 is 28.0 Å². The van der Waals surface area contributed by atoms with E-state index < -0.39 is 118 Å². The van der Waals surface area contributed by atoms with Crippen molar-refractivity contribution in [3.63, 3.8) is 0 Å². The molecule has 0 saturated carbocycles. The Morgan fingerprint density at radius 2 is 1.02 bits per heavy atom. The van der Waals surface area contributed by atoms with Crippen LogP contribution in [0, 0.1) is 0 Å². The topological polar surface area (TPSA) is 136 Å². The number of amides is 1. The van der Waals surface area contributed by atoms with Crippen molar-refractivity contribution in [3.05, 3.63) is 37.5 Å². The molecule has 0 aliphatic heterocycles. The molecule has 0 fully saturated rings. The van der Waals surface area contributed by atoms with E-state index in [1.165, 1.54) is 13.8 Å². The van der Waals surface area contributed by atoms with E-state index in [0.717, 1.165) is 13.0 Å². The van der Waals surface area contributed by atoms with Gasteiger partial charge in [-0.1, -0.05) is 13.2 Å². The summed E-state index contributed by atoms with van der Waals surface area (Å²) in [6.07, 6.45) is -13.0. The third kappa shape index (κ3) is 14.6. The highest BCUT2D eigenvalue weighted by molar-refractivity contribution is 7.85. The molecule has 0 aliphatic rings. The van der Waals surface area contributed by atoms with Crippen LogP contribution in [0.4, 0.5) is 87.8 Å². The van der Waals surface area contributed by atoms with Crippen molar-refractivity contribution in [2.45, 2.75) is 80.1 Å². The van der Waals surface area contributed by atoms with Gasteiger partial charge in [-0.3, -0.25) is 9.35 Å². The zero-order valence-electron chi connectivity index (χ0n) is 27.1. The minimum absolute atomic E-state index is 0.478. The fourth-order valence-electron chi connectivity index (χ4n) is 2.73. The van der Waals surface area contributed by atoms with E-state index in [9.17, 15) is 111 Å². The molecule has 0 aromatic heterocycles. The Morgan fingerprint density at radius 3 is 1.33 bits per heavy atom. The molecule has 0 bridgehead atoms. The first-order valence-corrected chi connectivity index (χ1v) is 14.8. The number of allylic oxidation sites excluding steroid dienone is 1. The summed E-state index contributed by atoms with van der Waals surface area (Å²) in [6.45, 7) is 7.90. The van der Waals surface area contributed by atoms with Crippen LogP contribution in [0.15, 0.2) is 37.5 Å². The number of esters is 2. The lowest BCUT2D eigenvalue weighted by atomic mass is 9.89. The number of carbonyl (C=O) groups excluding carboxylic acids is 3. The van der Waals surface area contributed by atoms with E-state index in [0.29, 0.717) is 6.08 Å². The molecule has 0 aliphatic carbocycles. The highest BCUT2D eigenvalue weighted by Crippen LogP contribution is 2.64. The van der Waals surface area contributed by atoms with Crippen LogP contribution in [0.2, 0.25) is 0 Å². The first-order valence-electron chi connectivity index (χ1n) is 13.2. The minimum atomic E-state index is -8.69. The molecular formula is C25H25F20NO8S. The molecular weight excluding hydrogens is 854 g/mol. The predicted octanol–water partition coefficient (Wildman–Crippen LogP) is 7.35. The van der Waals surface area contributed by atoms with Gasteiger partial charge in [-0.2, -0.15) is 96.2 Å². The molecule has 324 valence electrons. The van der Waals surface area contributed by atoms with Crippen molar-refractivity contribution in [2.75, 3.05) is 19.0 Å². The van der Waals surface area contributed by atoms with Crippen LogP contribution in [0.1, 0.15) is 20.8 Å². The van der Waals surface area contributed by atoms with Crippen LogP contribution in [-0.4, -0.2) is 109 Å². The van der Waals surface area contributed by atoms with Crippen LogP contribution >= 0.6 is 0 Å². The van der Waals surface area contributed by atoms with Gasteiger partial charge in [-0.05, 0) is 32.9 Å². The Morgan fingerprint density at radius 1 is 0.636 bits per heavy atom. The third-order valence-corrected chi connectivity index (χ3v) is 6.28. The molecule has 0 spiro atoms. The second-order valence-corrected chi connectivity index (χ2v) is 11.8. The smallest absolute Gasteiger partial charge is 0.460 e. The van der Waals surface area contributed by atoms with Gasteiger partial charge < -0.3 is 14.8 Å². The SMILES string of the molecule is C=CC(=O)NC(C)(C)CS(=O)(=O)O.C=CC(=O)OCC(F)(F)F.CCOC(=O)C=CC(F)(F)C(F)(F)C(F)(F)C(F)(F)C(F)(F)C(F)(F)C(F)(F)C(F)(F)F. The average Bonchev–Trinajstić information content (AvgIpc) is 2.96. The van der Waals surface area contributed by atoms with E-state index in [1.807, 2.05) is 0 Å². The molecule has 30 heteroatoms. The lowest BCUT2D eigenvalue weighted by Crippen LogP contribution is -2.74. The second-order valence-electron chi connectivity index (χ2n) is 10.4. The first kappa shape index (κ1) is 55.5. The number of halogens is 20. The van der Waals surface area contributed by atoms with Crippen molar-refractivity contribution in [1.82, 2.24) is 5.32 Å². The summed E-state index contributed by atoms with van der Waals surface area (Å²) in [5.41, 5.74) is -1.00. The maximum Gasteiger partial charge on any atom is 0.460 e. The Labute approximate surface area is 295 Å². The number of carbonyl (C=O) groups is 3. The normalized spacial score (nSPS) is 14.1. The largest absolute Gasteiger partial charge is 0.463 e. The van der Waals surface area contributed by atoms with E-state index >= 15 is 0 Å². The van der Waals surface area contributed by atoms with Crippen LogP contribution in [-0.2, 0) is 34.0 Å². The van der Waals surface area contributed by atoms with Gasteiger partial charge in [0, 0.05) is 12.2 Å². The van der Waals surface area contributed by atoms with Crippen LogP contribution < -0.4 is 5.32 Å². The summed E-state index contributed by atoms with van der Waals surface area (Å²) in [5.74, 6) is -61.2. The van der Waals surface area contributed by atoms with Gasteiger partial charge in [0.1, 0.15) is 0 Å². The molecule has 0 saturated heterocycles. The lowest BCUT2D eigenvalue weighted by molar-refractivity contribution is -0.459. The van der Waals surface area contributed by atoms with Crippen LogP contribution in [0.5, 0.6) is 0 Å². The number of hydrogen-bond acceptors (Lipinski definition) is 7. The van der Waals surface area contributed by atoms with Crippen molar-refractivity contribution in [1.29, 1.82) is 0 Å². The van der Waals surface area contributed by atoms with Gasteiger partial charge in [0.25, 0.3) is 10.1 Å². The number of rotatable bonds is 15. The third-order valence-electron chi connectivity index (χ3n) is 5.20. The Hall–Kier alpha value is -3.86. The molecule has 55 heavy (non-hydrogen) atoms. The van der Waals surface area contributed by atoms with Crippen LogP contribution in [0.25, 0.3) is 0 Å². The number of alkyl halides is 20. The quantitative estimate of drug-likeness (QED) is 0.0755. The van der Waals surface area contributed by atoms with Gasteiger partial charge in [0.05, 0.1) is 17.9 Å². The lowest BCUT2D eigenvalue weighted by Gasteiger charge is -2.42. The number of nitrogens with one attached hydrogen (secondary N) is 1. The predicted molar refractivity (Wildman–Crippen MR) is 143 cm³/mol. The molecule has 9 nitrogen and oxygen atoms in total. The Balaban J connectivity index is -0.000000953. The van der Waals surface area contributed by atoms with Gasteiger partial charge in [0.15, 0.2) is 6.61 Å². The molecule has 0 aromatic carbocycles. The summed E-state index contributed by atoms with van der Waals surface area (Å²) >= 11 is 0. The summed E-state index contributed by atoms with van der Waals surface area (Å²) in [4.78, 5) is 31.6. The van der Waals surface area contributed by atoms with Crippen molar-refractivity contribution in [2.24, 2.45) is 0 Å².